The summed E-state index contributed by atoms with van der Waals surface area (Å²) in [7, 11) is 0. The largest absolute Gasteiger partial charge is 0.484 e. The molecule has 4 N–H and O–H groups in total. The molecule has 0 saturated carbocycles. The van der Waals surface area contributed by atoms with E-state index in [1.165, 1.54) is 0 Å². The molecule has 0 amide bonds. The maximum atomic E-state index is 5.96. The van der Waals surface area contributed by atoms with Crippen LogP contribution in [0.2, 0.25) is 0 Å². The third kappa shape index (κ3) is 2.56. The van der Waals surface area contributed by atoms with Crippen molar-refractivity contribution in [3.63, 3.8) is 0 Å². The van der Waals surface area contributed by atoms with Gasteiger partial charge in [0.25, 0.3) is 0 Å². The van der Waals surface area contributed by atoms with Crippen molar-refractivity contribution < 1.29 is 4.74 Å². The minimum absolute atomic E-state index is 0.00435. The van der Waals surface area contributed by atoms with Crippen LogP contribution in [-0.2, 0) is 0 Å². The van der Waals surface area contributed by atoms with Crippen molar-refractivity contribution in [3.05, 3.63) is 54.1 Å². The lowest BCUT2D eigenvalue weighted by molar-refractivity contribution is 0.203. The van der Waals surface area contributed by atoms with Crippen molar-refractivity contribution >= 4 is 11.4 Å². The zero-order valence-electron chi connectivity index (χ0n) is 10.5. The van der Waals surface area contributed by atoms with Crippen molar-refractivity contribution in [2.24, 2.45) is 0 Å². The average molecular weight is 242 g/mol. The van der Waals surface area contributed by atoms with Crippen LogP contribution >= 0.6 is 0 Å². The highest BCUT2D eigenvalue weighted by Gasteiger charge is 2.13. The van der Waals surface area contributed by atoms with Crippen molar-refractivity contribution in [2.75, 3.05) is 11.5 Å². The molecular weight excluding hydrogens is 224 g/mol. The monoisotopic (exact) mass is 242 g/mol. The highest BCUT2D eigenvalue weighted by atomic mass is 16.5. The summed E-state index contributed by atoms with van der Waals surface area (Å²) in [6.45, 7) is 2.08. The fourth-order valence-corrected chi connectivity index (χ4v) is 1.87. The predicted molar refractivity (Wildman–Crippen MR) is 75.4 cm³/mol. The predicted octanol–water partition coefficient (Wildman–Crippen LogP) is 3.38. The molecule has 0 aliphatic carbocycles. The third-order valence-electron chi connectivity index (χ3n) is 2.91. The van der Waals surface area contributed by atoms with Crippen LogP contribution in [0.3, 0.4) is 0 Å². The van der Waals surface area contributed by atoms with E-state index in [0.717, 1.165) is 12.0 Å². The lowest BCUT2D eigenvalue weighted by Gasteiger charge is -2.19. The van der Waals surface area contributed by atoms with Gasteiger partial charge in [-0.25, -0.2) is 0 Å². The van der Waals surface area contributed by atoms with Gasteiger partial charge in [-0.15, -0.1) is 0 Å². The number of nitrogen functional groups attached to an aromatic ring is 2. The highest BCUT2D eigenvalue weighted by Crippen LogP contribution is 2.32. The van der Waals surface area contributed by atoms with Crippen molar-refractivity contribution in [3.8, 4) is 5.75 Å². The Morgan fingerprint density at radius 3 is 2.39 bits per heavy atom. The topological polar surface area (TPSA) is 61.3 Å². The molecule has 0 bridgehead atoms. The molecule has 1 atom stereocenters. The smallest absolute Gasteiger partial charge is 0.145 e. The Labute approximate surface area is 107 Å². The molecule has 0 aliphatic rings. The van der Waals surface area contributed by atoms with Gasteiger partial charge >= 0.3 is 0 Å². The molecule has 18 heavy (non-hydrogen) atoms. The first-order valence-corrected chi connectivity index (χ1v) is 6.08. The number of anilines is 2. The summed E-state index contributed by atoms with van der Waals surface area (Å²) in [6, 6.07) is 15.6. The first-order valence-electron chi connectivity index (χ1n) is 6.08. The fourth-order valence-electron chi connectivity index (χ4n) is 1.87. The summed E-state index contributed by atoms with van der Waals surface area (Å²) in [5.74, 6) is 0.644. The van der Waals surface area contributed by atoms with Gasteiger partial charge in [0, 0.05) is 0 Å². The molecule has 0 aliphatic heterocycles. The fraction of sp³-hybridized carbons (Fsp3) is 0.200. The Morgan fingerprint density at radius 2 is 1.72 bits per heavy atom. The lowest BCUT2D eigenvalue weighted by atomic mass is 10.1. The number of para-hydroxylation sites is 1. The number of ether oxygens (including phenoxy) is 1. The van der Waals surface area contributed by atoms with Crippen molar-refractivity contribution in [2.45, 2.75) is 19.4 Å². The summed E-state index contributed by atoms with van der Waals surface area (Å²) in [5, 5.41) is 0. The number of hydrogen-bond acceptors (Lipinski definition) is 3. The van der Waals surface area contributed by atoms with Crippen LogP contribution in [-0.4, -0.2) is 0 Å². The Morgan fingerprint density at radius 1 is 1.00 bits per heavy atom. The molecule has 0 aromatic heterocycles. The van der Waals surface area contributed by atoms with Gasteiger partial charge < -0.3 is 16.2 Å². The molecule has 0 spiro atoms. The number of nitrogens with two attached hydrogens (primary N) is 2. The van der Waals surface area contributed by atoms with Gasteiger partial charge in [0.15, 0.2) is 0 Å². The number of rotatable bonds is 4. The second-order valence-corrected chi connectivity index (χ2v) is 4.18. The molecule has 2 aromatic carbocycles. The summed E-state index contributed by atoms with van der Waals surface area (Å²) in [6.07, 6.45) is 0.869. The third-order valence-corrected chi connectivity index (χ3v) is 2.91. The minimum Gasteiger partial charge on any atom is -0.484 e. The number of benzene rings is 2. The van der Waals surface area contributed by atoms with E-state index in [-0.39, 0.29) is 6.10 Å². The molecule has 2 rings (SSSR count). The SMILES string of the molecule is CCC(Oc1cccc(N)c1N)c1ccccc1. The maximum Gasteiger partial charge on any atom is 0.145 e. The Balaban J connectivity index is 2.24. The lowest BCUT2D eigenvalue weighted by Crippen LogP contribution is -2.08. The van der Waals surface area contributed by atoms with E-state index < -0.39 is 0 Å². The van der Waals surface area contributed by atoms with Crippen LogP contribution in [0.25, 0.3) is 0 Å². The minimum atomic E-state index is -0.00435. The highest BCUT2D eigenvalue weighted by molar-refractivity contribution is 5.70. The molecule has 2 aromatic rings. The van der Waals surface area contributed by atoms with Crippen molar-refractivity contribution in [1.82, 2.24) is 0 Å². The maximum absolute atomic E-state index is 5.96. The van der Waals surface area contributed by atoms with Crippen LogP contribution in [0, 0.1) is 0 Å². The van der Waals surface area contributed by atoms with Crippen LogP contribution in [0.15, 0.2) is 48.5 Å². The Hall–Kier alpha value is -2.16. The molecule has 3 nitrogen and oxygen atoms in total. The van der Waals surface area contributed by atoms with E-state index in [1.54, 1.807) is 6.07 Å². The summed E-state index contributed by atoms with van der Waals surface area (Å²) < 4.78 is 5.96. The standard InChI is InChI=1S/C15H18N2O/c1-2-13(11-7-4-3-5-8-11)18-14-10-6-9-12(16)15(14)17/h3-10,13H,2,16-17H2,1H3. The zero-order chi connectivity index (χ0) is 13.0. The van der Waals surface area contributed by atoms with Crippen LogP contribution < -0.4 is 16.2 Å². The first kappa shape index (κ1) is 12.3. The molecule has 94 valence electrons. The average Bonchev–Trinajstić information content (AvgIpc) is 2.41. The van der Waals surface area contributed by atoms with Crippen LogP contribution in [0.1, 0.15) is 25.0 Å². The van der Waals surface area contributed by atoms with Gasteiger partial charge in [0.2, 0.25) is 0 Å². The molecule has 0 radical (unpaired) electrons. The van der Waals surface area contributed by atoms with Gasteiger partial charge in [-0.05, 0) is 24.1 Å². The first-order chi connectivity index (χ1) is 8.72. The molecule has 0 heterocycles. The molecular formula is C15H18N2O. The summed E-state index contributed by atoms with van der Waals surface area (Å²) in [5.41, 5.74) is 13.9. The summed E-state index contributed by atoms with van der Waals surface area (Å²) in [4.78, 5) is 0. The van der Waals surface area contributed by atoms with E-state index in [2.05, 4.69) is 19.1 Å². The molecule has 1 unspecified atom stereocenters. The second-order valence-electron chi connectivity index (χ2n) is 4.18. The zero-order valence-corrected chi connectivity index (χ0v) is 10.5. The van der Waals surface area contributed by atoms with Crippen molar-refractivity contribution in [1.29, 1.82) is 0 Å². The van der Waals surface area contributed by atoms with E-state index >= 15 is 0 Å². The normalized spacial score (nSPS) is 12.1. The molecule has 3 heteroatoms. The second kappa shape index (κ2) is 5.45. The summed E-state index contributed by atoms with van der Waals surface area (Å²) >= 11 is 0. The van der Waals surface area contributed by atoms with E-state index in [9.17, 15) is 0 Å². The number of hydrogen-bond donors (Lipinski definition) is 2. The quantitative estimate of drug-likeness (QED) is 0.808. The van der Waals surface area contributed by atoms with Gasteiger partial charge in [-0.3, -0.25) is 0 Å². The van der Waals surface area contributed by atoms with E-state index in [1.807, 2.05) is 30.3 Å². The van der Waals surface area contributed by atoms with Gasteiger partial charge in [0.05, 0.1) is 11.4 Å². The molecule has 0 saturated heterocycles. The Bertz CT molecular complexity index is 511. The van der Waals surface area contributed by atoms with Gasteiger partial charge in [0.1, 0.15) is 11.9 Å². The Kier molecular flexibility index (Phi) is 3.72. The van der Waals surface area contributed by atoms with E-state index in [4.69, 9.17) is 16.2 Å². The van der Waals surface area contributed by atoms with Crippen LogP contribution in [0.4, 0.5) is 11.4 Å². The van der Waals surface area contributed by atoms with E-state index in [0.29, 0.717) is 17.1 Å². The van der Waals surface area contributed by atoms with Crippen LogP contribution in [0.5, 0.6) is 5.75 Å². The van der Waals surface area contributed by atoms with Gasteiger partial charge in [-0.1, -0.05) is 43.3 Å². The molecule has 0 fully saturated rings. The van der Waals surface area contributed by atoms with Gasteiger partial charge in [-0.2, -0.15) is 0 Å².